The van der Waals surface area contributed by atoms with E-state index in [2.05, 4.69) is 25.8 Å². The van der Waals surface area contributed by atoms with Crippen molar-refractivity contribution in [3.05, 3.63) is 11.7 Å². The number of methoxy groups -OCH3 is 1. The van der Waals surface area contributed by atoms with E-state index in [4.69, 9.17) is 14.9 Å². The number of oxazole rings is 1. The molecule has 1 aromatic rings. The lowest BCUT2D eigenvalue weighted by atomic mass is 9.94. The zero-order valence-electron chi connectivity index (χ0n) is 9.26. The highest BCUT2D eigenvalue weighted by Crippen LogP contribution is 2.31. The average Bonchev–Trinajstić information content (AvgIpc) is 2.47. The van der Waals surface area contributed by atoms with Crippen LogP contribution in [0, 0.1) is 0 Å². The predicted molar refractivity (Wildman–Crippen MR) is 54.5 cm³/mol. The first-order valence-corrected chi connectivity index (χ1v) is 4.73. The van der Waals surface area contributed by atoms with Crippen LogP contribution in [0.25, 0.3) is 0 Å². The number of nitrogens with zero attached hydrogens (tertiary/aromatic N) is 1. The Balaban J connectivity index is 3.02. The molecule has 1 heterocycles. The molecule has 0 aliphatic carbocycles. The maximum atomic E-state index is 5.59. The van der Waals surface area contributed by atoms with Crippen molar-refractivity contribution in [2.45, 2.75) is 32.6 Å². The van der Waals surface area contributed by atoms with Crippen LogP contribution in [0.4, 0.5) is 0 Å². The maximum Gasteiger partial charge on any atom is 0.256 e. The third kappa shape index (κ3) is 2.26. The Hall–Kier alpha value is -1.03. The Morgan fingerprint density at radius 2 is 2.07 bits per heavy atom. The molecular weight excluding hydrogens is 180 g/mol. The van der Waals surface area contributed by atoms with Gasteiger partial charge in [-0.1, -0.05) is 20.8 Å². The number of ether oxygens (including phenoxy) is 1. The Morgan fingerprint density at radius 3 is 2.43 bits per heavy atom. The van der Waals surface area contributed by atoms with E-state index < -0.39 is 0 Å². The van der Waals surface area contributed by atoms with Crippen molar-refractivity contribution >= 4 is 0 Å². The van der Waals surface area contributed by atoms with Gasteiger partial charge in [-0.05, 0) is 0 Å². The molecule has 0 bridgehead atoms. The summed E-state index contributed by atoms with van der Waals surface area (Å²) in [5.41, 5.74) is 5.34. The Morgan fingerprint density at radius 1 is 1.43 bits per heavy atom. The number of aromatic nitrogens is 1. The number of hydrogen-bond donors (Lipinski definition) is 1. The van der Waals surface area contributed by atoms with Crippen molar-refractivity contribution in [1.29, 1.82) is 0 Å². The van der Waals surface area contributed by atoms with E-state index >= 15 is 0 Å². The fourth-order valence-electron chi connectivity index (χ4n) is 1.19. The fraction of sp³-hybridized carbons (Fsp3) is 0.700. The van der Waals surface area contributed by atoms with Crippen LogP contribution in [0.5, 0.6) is 5.88 Å². The topological polar surface area (TPSA) is 61.3 Å². The second-order valence-electron chi connectivity index (χ2n) is 4.23. The summed E-state index contributed by atoms with van der Waals surface area (Å²) < 4.78 is 10.7. The van der Waals surface area contributed by atoms with Crippen molar-refractivity contribution in [1.82, 2.24) is 4.98 Å². The Bertz CT molecular complexity index is 300. The van der Waals surface area contributed by atoms with Crippen LogP contribution in [0.1, 0.15) is 32.4 Å². The molecule has 0 aliphatic heterocycles. The molecule has 80 valence electrons. The summed E-state index contributed by atoms with van der Waals surface area (Å²) in [5.74, 6) is 2.00. The molecule has 0 amide bonds. The van der Waals surface area contributed by atoms with E-state index in [1.165, 1.54) is 0 Å². The molecule has 0 aliphatic rings. The largest absolute Gasteiger partial charge is 0.479 e. The Labute approximate surface area is 84.5 Å². The van der Waals surface area contributed by atoms with Gasteiger partial charge in [0.1, 0.15) is 0 Å². The SMILES string of the molecule is COc1nc(CCN)oc1C(C)(C)C. The molecule has 0 saturated heterocycles. The van der Waals surface area contributed by atoms with Crippen LogP contribution in [0.3, 0.4) is 0 Å². The fourth-order valence-corrected chi connectivity index (χ4v) is 1.19. The molecule has 0 atom stereocenters. The van der Waals surface area contributed by atoms with Crippen molar-refractivity contribution in [2.24, 2.45) is 5.73 Å². The van der Waals surface area contributed by atoms with Crippen molar-refractivity contribution in [3.8, 4) is 5.88 Å². The van der Waals surface area contributed by atoms with E-state index in [9.17, 15) is 0 Å². The van der Waals surface area contributed by atoms with Gasteiger partial charge < -0.3 is 14.9 Å². The minimum Gasteiger partial charge on any atom is -0.479 e. The van der Waals surface area contributed by atoms with Gasteiger partial charge in [0.25, 0.3) is 5.88 Å². The monoisotopic (exact) mass is 198 g/mol. The number of hydrogen-bond acceptors (Lipinski definition) is 4. The third-order valence-corrected chi connectivity index (χ3v) is 1.87. The second kappa shape index (κ2) is 4.00. The molecule has 0 radical (unpaired) electrons. The first kappa shape index (κ1) is 11.0. The summed E-state index contributed by atoms with van der Waals surface area (Å²) >= 11 is 0. The molecule has 0 saturated carbocycles. The molecule has 0 aromatic carbocycles. The summed E-state index contributed by atoms with van der Waals surface area (Å²) in [6, 6.07) is 0. The van der Waals surface area contributed by atoms with E-state index in [1.54, 1.807) is 7.11 Å². The first-order valence-electron chi connectivity index (χ1n) is 4.73. The summed E-state index contributed by atoms with van der Waals surface area (Å²) in [6.45, 7) is 6.71. The highest BCUT2D eigenvalue weighted by Gasteiger charge is 2.25. The zero-order chi connectivity index (χ0) is 10.8. The third-order valence-electron chi connectivity index (χ3n) is 1.87. The van der Waals surface area contributed by atoms with Crippen LogP contribution in [0.2, 0.25) is 0 Å². The molecule has 0 unspecified atom stereocenters. The summed E-state index contributed by atoms with van der Waals surface area (Å²) in [6.07, 6.45) is 0.645. The van der Waals surface area contributed by atoms with Crippen LogP contribution >= 0.6 is 0 Å². The molecule has 2 N–H and O–H groups in total. The smallest absolute Gasteiger partial charge is 0.256 e. The van der Waals surface area contributed by atoms with Gasteiger partial charge in [0.2, 0.25) is 0 Å². The molecule has 14 heavy (non-hydrogen) atoms. The molecule has 1 aromatic heterocycles. The summed E-state index contributed by atoms with van der Waals surface area (Å²) in [5, 5.41) is 0. The highest BCUT2D eigenvalue weighted by molar-refractivity contribution is 5.23. The first-order chi connectivity index (χ1) is 6.49. The van der Waals surface area contributed by atoms with Crippen molar-refractivity contribution in [3.63, 3.8) is 0 Å². The molecule has 0 spiro atoms. The van der Waals surface area contributed by atoms with E-state index in [0.29, 0.717) is 24.7 Å². The van der Waals surface area contributed by atoms with Gasteiger partial charge in [-0.3, -0.25) is 0 Å². The normalized spacial score (nSPS) is 11.8. The lowest BCUT2D eigenvalue weighted by Gasteiger charge is -2.14. The van der Waals surface area contributed by atoms with E-state index in [1.807, 2.05) is 0 Å². The second-order valence-corrected chi connectivity index (χ2v) is 4.23. The van der Waals surface area contributed by atoms with Crippen LogP contribution < -0.4 is 10.5 Å². The molecular formula is C10H18N2O2. The van der Waals surface area contributed by atoms with Gasteiger partial charge in [-0.15, -0.1) is 0 Å². The molecule has 0 fully saturated rings. The van der Waals surface area contributed by atoms with Gasteiger partial charge in [-0.2, -0.15) is 4.98 Å². The average molecular weight is 198 g/mol. The van der Waals surface area contributed by atoms with Crippen LogP contribution in [0.15, 0.2) is 4.42 Å². The zero-order valence-corrected chi connectivity index (χ0v) is 9.26. The van der Waals surface area contributed by atoms with Gasteiger partial charge >= 0.3 is 0 Å². The van der Waals surface area contributed by atoms with Gasteiger partial charge in [-0.25, -0.2) is 0 Å². The van der Waals surface area contributed by atoms with Crippen LogP contribution in [-0.4, -0.2) is 18.6 Å². The predicted octanol–water partition coefficient (Wildman–Crippen LogP) is 1.48. The minimum absolute atomic E-state index is 0.0921. The van der Waals surface area contributed by atoms with Crippen molar-refractivity contribution in [2.75, 3.05) is 13.7 Å². The quantitative estimate of drug-likeness (QED) is 0.799. The van der Waals surface area contributed by atoms with Crippen LogP contribution in [-0.2, 0) is 11.8 Å². The standard InChI is InChI=1S/C10H18N2O2/c1-10(2,3)8-9(13-4)12-7(14-8)5-6-11/h5-6,11H2,1-4H3. The van der Waals surface area contributed by atoms with E-state index in [-0.39, 0.29) is 5.41 Å². The van der Waals surface area contributed by atoms with Crippen molar-refractivity contribution < 1.29 is 9.15 Å². The lowest BCUT2D eigenvalue weighted by Crippen LogP contribution is -2.11. The van der Waals surface area contributed by atoms with E-state index in [0.717, 1.165) is 5.76 Å². The lowest BCUT2D eigenvalue weighted by molar-refractivity contribution is 0.342. The Kier molecular flexibility index (Phi) is 3.16. The highest BCUT2D eigenvalue weighted by atomic mass is 16.5. The molecule has 4 heteroatoms. The van der Waals surface area contributed by atoms with Gasteiger partial charge in [0.15, 0.2) is 11.7 Å². The minimum atomic E-state index is -0.0921. The summed E-state index contributed by atoms with van der Waals surface area (Å²) in [4.78, 5) is 4.22. The van der Waals surface area contributed by atoms with Gasteiger partial charge in [0.05, 0.1) is 7.11 Å². The molecule has 1 rings (SSSR count). The maximum absolute atomic E-state index is 5.59. The van der Waals surface area contributed by atoms with Gasteiger partial charge in [0, 0.05) is 18.4 Å². The molecule has 4 nitrogen and oxygen atoms in total. The number of nitrogens with two attached hydrogens (primary N) is 1. The number of rotatable bonds is 3. The summed E-state index contributed by atoms with van der Waals surface area (Å²) in [7, 11) is 1.60.